The number of rotatable bonds is 5. The fraction of sp³-hybridized carbons (Fsp3) is 0.333. The predicted molar refractivity (Wildman–Crippen MR) is 64.9 cm³/mol. The topological polar surface area (TPSA) is 111 Å². The molecule has 1 aliphatic heterocycles. The fourth-order valence-electron chi connectivity index (χ4n) is 1.65. The van der Waals surface area contributed by atoms with Gasteiger partial charge in [-0.25, -0.2) is 4.79 Å². The van der Waals surface area contributed by atoms with E-state index in [9.17, 15) is 9.59 Å². The Kier molecular flexibility index (Phi) is 3.86. The van der Waals surface area contributed by atoms with Crippen LogP contribution in [-0.2, 0) is 16.0 Å². The molecule has 0 spiro atoms. The third-order valence-electron chi connectivity index (χ3n) is 2.70. The predicted octanol–water partition coefficient (Wildman–Crippen LogP) is -0.514. The summed E-state index contributed by atoms with van der Waals surface area (Å²) in [5.41, 5.74) is 6.12. The zero-order valence-corrected chi connectivity index (χ0v) is 10.1. The van der Waals surface area contributed by atoms with Crippen molar-refractivity contribution in [1.82, 2.24) is 5.32 Å². The van der Waals surface area contributed by atoms with E-state index in [4.69, 9.17) is 20.3 Å². The number of hydrogen-bond acceptors (Lipinski definition) is 5. The van der Waals surface area contributed by atoms with Crippen LogP contribution in [0.2, 0.25) is 0 Å². The Balaban J connectivity index is 1.83. The summed E-state index contributed by atoms with van der Waals surface area (Å²) in [6.45, 7) is 0.516. The minimum atomic E-state index is -1.53. The number of nitrogens with one attached hydrogen (secondary N) is 1. The van der Waals surface area contributed by atoms with Gasteiger partial charge in [0.2, 0.25) is 12.7 Å². The van der Waals surface area contributed by atoms with E-state index in [0.717, 1.165) is 5.56 Å². The standard InChI is InChI=1S/C12H14N2O5/c13-10(12(16)17)11(15)14-4-3-7-1-2-8-9(5-7)19-6-18-8/h1-2,5,10H,3-4,6,13H2,(H,14,15)(H,16,17). The van der Waals surface area contributed by atoms with Gasteiger partial charge in [0, 0.05) is 6.54 Å². The second kappa shape index (κ2) is 5.57. The monoisotopic (exact) mass is 266 g/mol. The zero-order chi connectivity index (χ0) is 13.8. The summed E-state index contributed by atoms with van der Waals surface area (Å²) in [4.78, 5) is 21.8. The van der Waals surface area contributed by atoms with E-state index in [2.05, 4.69) is 5.32 Å². The Hall–Kier alpha value is -2.28. The molecule has 1 aromatic carbocycles. The number of benzene rings is 1. The smallest absolute Gasteiger partial charge is 0.330 e. The van der Waals surface area contributed by atoms with Crippen LogP contribution in [0.3, 0.4) is 0 Å². The van der Waals surface area contributed by atoms with Gasteiger partial charge in [-0.1, -0.05) is 6.07 Å². The summed E-state index contributed by atoms with van der Waals surface area (Å²) in [6.07, 6.45) is 0.550. The van der Waals surface area contributed by atoms with Crippen LogP contribution in [0.1, 0.15) is 5.56 Å². The molecule has 1 aliphatic rings. The van der Waals surface area contributed by atoms with Crippen molar-refractivity contribution in [3.63, 3.8) is 0 Å². The molecule has 102 valence electrons. The van der Waals surface area contributed by atoms with Gasteiger partial charge >= 0.3 is 5.97 Å². The summed E-state index contributed by atoms with van der Waals surface area (Å²) >= 11 is 0. The highest BCUT2D eigenvalue weighted by atomic mass is 16.7. The Labute approximate surface area is 109 Å². The average molecular weight is 266 g/mol. The Bertz CT molecular complexity index is 503. The highest BCUT2D eigenvalue weighted by Crippen LogP contribution is 2.32. The molecule has 0 aromatic heterocycles. The molecule has 1 unspecified atom stereocenters. The lowest BCUT2D eigenvalue weighted by Gasteiger charge is -2.08. The Morgan fingerprint density at radius 3 is 2.84 bits per heavy atom. The van der Waals surface area contributed by atoms with Crippen molar-refractivity contribution in [2.24, 2.45) is 5.73 Å². The first-order chi connectivity index (χ1) is 9.08. The fourth-order valence-corrected chi connectivity index (χ4v) is 1.65. The third-order valence-corrected chi connectivity index (χ3v) is 2.70. The van der Waals surface area contributed by atoms with Gasteiger partial charge in [-0.15, -0.1) is 0 Å². The average Bonchev–Trinajstić information content (AvgIpc) is 2.84. The number of ether oxygens (including phenoxy) is 2. The van der Waals surface area contributed by atoms with Crippen LogP contribution >= 0.6 is 0 Å². The van der Waals surface area contributed by atoms with Gasteiger partial charge in [-0.3, -0.25) is 4.79 Å². The highest BCUT2D eigenvalue weighted by molar-refractivity contribution is 6.00. The van der Waals surface area contributed by atoms with Crippen molar-refractivity contribution in [2.45, 2.75) is 12.5 Å². The normalized spacial score (nSPS) is 13.9. The van der Waals surface area contributed by atoms with Gasteiger partial charge < -0.3 is 25.6 Å². The maximum Gasteiger partial charge on any atom is 0.330 e. The number of carboxylic acid groups (broad SMARTS) is 1. The van der Waals surface area contributed by atoms with Crippen LogP contribution in [0.25, 0.3) is 0 Å². The number of carbonyl (C=O) groups excluding carboxylic acids is 1. The SMILES string of the molecule is NC(C(=O)O)C(=O)NCCc1ccc2c(c1)OCO2. The molecular weight excluding hydrogens is 252 g/mol. The van der Waals surface area contributed by atoms with E-state index in [1.54, 1.807) is 6.07 Å². The summed E-state index contributed by atoms with van der Waals surface area (Å²) in [5.74, 6) is -0.680. The van der Waals surface area contributed by atoms with Crippen molar-refractivity contribution >= 4 is 11.9 Å². The van der Waals surface area contributed by atoms with Crippen LogP contribution in [0.15, 0.2) is 18.2 Å². The van der Waals surface area contributed by atoms with Crippen molar-refractivity contribution in [2.75, 3.05) is 13.3 Å². The molecule has 4 N–H and O–H groups in total. The summed E-state index contributed by atoms with van der Waals surface area (Å²) in [6, 6.07) is 3.95. The lowest BCUT2D eigenvalue weighted by atomic mass is 10.1. The van der Waals surface area contributed by atoms with Gasteiger partial charge in [0.1, 0.15) is 0 Å². The molecular formula is C12H14N2O5. The van der Waals surface area contributed by atoms with Crippen LogP contribution in [-0.4, -0.2) is 36.4 Å². The quantitative estimate of drug-likeness (QED) is 0.619. The van der Waals surface area contributed by atoms with Crippen LogP contribution in [0, 0.1) is 0 Å². The van der Waals surface area contributed by atoms with E-state index < -0.39 is 17.9 Å². The number of aliphatic carboxylic acids is 1. The molecule has 1 aromatic rings. The lowest BCUT2D eigenvalue weighted by molar-refractivity contribution is -0.142. The first-order valence-corrected chi connectivity index (χ1v) is 5.72. The number of amides is 1. The molecule has 19 heavy (non-hydrogen) atoms. The number of fused-ring (bicyclic) bond motifs is 1. The third kappa shape index (κ3) is 3.14. The zero-order valence-electron chi connectivity index (χ0n) is 10.1. The molecule has 7 heteroatoms. The first-order valence-electron chi connectivity index (χ1n) is 5.72. The number of carbonyl (C=O) groups is 2. The maximum absolute atomic E-state index is 11.3. The van der Waals surface area contributed by atoms with Crippen LogP contribution in [0.5, 0.6) is 11.5 Å². The number of nitrogens with two attached hydrogens (primary N) is 1. The maximum atomic E-state index is 11.3. The number of carboxylic acids is 1. The molecule has 0 fully saturated rings. The molecule has 1 atom stereocenters. The van der Waals surface area contributed by atoms with Crippen molar-refractivity contribution < 1.29 is 24.2 Å². The lowest BCUT2D eigenvalue weighted by Crippen LogP contribution is -2.46. The Morgan fingerprint density at radius 1 is 1.37 bits per heavy atom. The number of hydrogen-bond donors (Lipinski definition) is 3. The molecule has 0 aliphatic carbocycles. The molecule has 2 rings (SSSR count). The van der Waals surface area contributed by atoms with Crippen LogP contribution in [0.4, 0.5) is 0 Å². The van der Waals surface area contributed by atoms with E-state index in [1.807, 2.05) is 12.1 Å². The van der Waals surface area contributed by atoms with Gasteiger partial charge in [-0.2, -0.15) is 0 Å². The molecule has 0 saturated carbocycles. The highest BCUT2D eigenvalue weighted by Gasteiger charge is 2.20. The summed E-state index contributed by atoms with van der Waals surface area (Å²) in [5, 5.41) is 11.0. The van der Waals surface area contributed by atoms with Gasteiger partial charge in [-0.05, 0) is 24.1 Å². The minimum absolute atomic E-state index is 0.211. The second-order valence-electron chi connectivity index (χ2n) is 4.04. The molecule has 0 bridgehead atoms. The van der Waals surface area contributed by atoms with E-state index in [1.165, 1.54) is 0 Å². The Morgan fingerprint density at radius 2 is 2.11 bits per heavy atom. The van der Waals surface area contributed by atoms with E-state index in [-0.39, 0.29) is 6.79 Å². The largest absolute Gasteiger partial charge is 0.480 e. The molecule has 1 amide bonds. The van der Waals surface area contributed by atoms with E-state index in [0.29, 0.717) is 24.5 Å². The van der Waals surface area contributed by atoms with Crippen molar-refractivity contribution in [3.8, 4) is 11.5 Å². The molecule has 0 radical (unpaired) electrons. The van der Waals surface area contributed by atoms with Crippen molar-refractivity contribution in [3.05, 3.63) is 23.8 Å². The first kappa shape index (κ1) is 13.2. The summed E-state index contributed by atoms with van der Waals surface area (Å²) in [7, 11) is 0. The van der Waals surface area contributed by atoms with Gasteiger partial charge in [0.25, 0.3) is 0 Å². The van der Waals surface area contributed by atoms with Crippen LogP contribution < -0.4 is 20.5 Å². The van der Waals surface area contributed by atoms with Crippen molar-refractivity contribution in [1.29, 1.82) is 0 Å². The van der Waals surface area contributed by atoms with Gasteiger partial charge in [0.05, 0.1) is 0 Å². The van der Waals surface area contributed by atoms with Gasteiger partial charge in [0.15, 0.2) is 17.5 Å². The molecule has 7 nitrogen and oxygen atoms in total. The second-order valence-corrected chi connectivity index (χ2v) is 4.04. The minimum Gasteiger partial charge on any atom is -0.480 e. The molecule has 0 saturated heterocycles. The van der Waals surface area contributed by atoms with E-state index >= 15 is 0 Å². The molecule has 1 heterocycles. The summed E-state index contributed by atoms with van der Waals surface area (Å²) < 4.78 is 10.4.